The number of primary amides is 1. The minimum atomic E-state index is -2.47. The number of alkyl halides is 2. The fraction of sp³-hybridized carbons (Fsp3) is 0.818. The van der Waals surface area contributed by atoms with Gasteiger partial charge in [-0.3, -0.25) is 48.4 Å². The van der Waals surface area contributed by atoms with E-state index < -0.39 is 143 Å². The number of carbonyl (C=O) groups is 10. The van der Waals surface area contributed by atoms with Gasteiger partial charge in [0.1, 0.15) is 37.0 Å². The van der Waals surface area contributed by atoms with Crippen LogP contribution < -0.4 is 75.5 Å². The molecule has 0 radical (unpaired) electrons. The number of hydrazine groups is 4. The summed E-state index contributed by atoms with van der Waals surface area (Å²) < 4.78 is 123. The quantitative estimate of drug-likeness (QED) is 0.0307. The van der Waals surface area contributed by atoms with Crippen LogP contribution in [0.4, 0.5) is 18.4 Å². The van der Waals surface area contributed by atoms with E-state index in [1.807, 2.05) is 19.0 Å². The molecular formula is C99H168F2N17O26+. The van der Waals surface area contributed by atoms with E-state index in [-0.39, 0.29) is 141 Å². The van der Waals surface area contributed by atoms with Crippen LogP contribution in [0.3, 0.4) is 0 Å². The molecule has 4 saturated carbocycles. The van der Waals surface area contributed by atoms with Gasteiger partial charge >= 0.3 is 12.1 Å². The molecule has 1 saturated heterocycles. The molecule has 144 heavy (non-hydrogen) atoms. The minimum Gasteiger partial charge on any atom is -0.449 e. The number of hydrogen-bond acceptors (Lipinski definition) is 33. The van der Waals surface area contributed by atoms with Crippen LogP contribution >= 0.6 is 0 Å². The van der Waals surface area contributed by atoms with Gasteiger partial charge in [-0.1, -0.05) is 53.0 Å². The highest BCUT2D eigenvalue weighted by molar-refractivity contribution is 6.02. The predicted molar refractivity (Wildman–Crippen MR) is 523 cm³/mol. The summed E-state index contributed by atoms with van der Waals surface area (Å²) in [7, 11) is 8.10. The molecule has 43 nitrogen and oxygen atoms in total. The number of nitrogens with zero attached hydrogens (tertiary/aromatic N) is 3. The van der Waals surface area contributed by atoms with Crippen LogP contribution in [0, 0.1) is 46.3 Å². The van der Waals surface area contributed by atoms with Crippen molar-refractivity contribution in [2.75, 3.05) is 246 Å². The molecule has 2 unspecified atom stereocenters. The number of amides is 9. The summed E-state index contributed by atoms with van der Waals surface area (Å²) in [6.07, 6.45) is 6.50. The molecule has 3 aliphatic heterocycles. The molecule has 10 aliphatic rings. The van der Waals surface area contributed by atoms with Crippen molar-refractivity contribution in [3.05, 3.63) is 46.6 Å². The Morgan fingerprint density at radius 3 is 1.81 bits per heavy atom. The highest BCUT2D eigenvalue weighted by Crippen LogP contribution is 2.72. The van der Waals surface area contributed by atoms with Crippen LogP contribution in [0.15, 0.2) is 46.6 Å². The van der Waals surface area contributed by atoms with Crippen molar-refractivity contribution in [1.29, 1.82) is 0 Å². The number of likely N-dealkylation sites (N-methyl/N-ethyl adjacent to an activating group) is 2. The molecule has 5 fully saturated rings. The van der Waals surface area contributed by atoms with Crippen LogP contribution in [0.1, 0.15) is 169 Å². The summed E-state index contributed by atoms with van der Waals surface area (Å²) in [6, 6.07) is -4.82. The van der Waals surface area contributed by atoms with E-state index in [9.17, 15) is 48.3 Å². The lowest BCUT2D eigenvalue weighted by molar-refractivity contribution is -0.869. The van der Waals surface area contributed by atoms with Crippen LogP contribution in [-0.2, 0) is 109 Å². The Bertz CT molecular complexity index is 4180. The Morgan fingerprint density at radius 2 is 1.18 bits per heavy atom. The van der Waals surface area contributed by atoms with Crippen LogP contribution in [0.25, 0.3) is 0 Å². The summed E-state index contributed by atoms with van der Waals surface area (Å²) in [5, 5.41) is 41.6. The Labute approximate surface area is 846 Å². The molecule has 16 N–H and O–H groups in total. The van der Waals surface area contributed by atoms with E-state index in [1.54, 1.807) is 20.8 Å². The summed E-state index contributed by atoms with van der Waals surface area (Å²) in [4.78, 5) is 136. The summed E-state index contributed by atoms with van der Waals surface area (Å²) in [5.74, 6) is -5.77. The van der Waals surface area contributed by atoms with Crippen LogP contribution in [0.2, 0.25) is 0 Å². The van der Waals surface area contributed by atoms with Gasteiger partial charge < -0.3 is 145 Å². The maximum absolute atomic E-state index is 18.4. The number of fused-ring (bicyclic) bond motifs is 8. The minimum absolute atomic E-state index is 0.0250. The van der Waals surface area contributed by atoms with E-state index in [2.05, 4.69) is 95.9 Å². The summed E-state index contributed by atoms with van der Waals surface area (Å²) in [6.45, 7) is 19.7. The molecule has 0 aromatic rings. The van der Waals surface area contributed by atoms with Crippen LogP contribution in [-0.4, -0.2) is 385 Å². The summed E-state index contributed by atoms with van der Waals surface area (Å²) >= 11 is 0. The number of rotatable bonds is 71. The highest BCUT2D eigenvalue weighted by Gasteiger charge is 2.80. The number of allylic oxidation sites excluding steroid dienone is 7. The van der Waals surface area contributed by atoms with Crippen molar-refractivity contribution >= 4 is 59.1 Å². The Kier molecular flexibility index (Phi) is 49.6. The fourth-order valence-corrected chi connectivity index (χ4v) is 21.2. The standard InChI is InChI=1S/C99H167F2N17O26/c1-10-17-88-143-84-62-72-73-61-75(100)74-60-68(119)26-29-96(74,4)98(73,101)82(120)63-97(72,5)99(84,144-88)83(121)64-108-91(125)77(19-16-31-106-94(102)128)110-93(127)89(67(2)3)111-92(126)78(18-14-15-30-104-87(124)66-141-81-21-13-11-12-20-80-90(81)113-115-117(80)36-43-135-49-55-140-59-57-136-50-44-130-38-27-85(122)105-32-37-118(7,8)9)109-86(123)28-39-131-45-51-137-56-58-139-53-47-133-41-34-107-95(129)142-65-71-69-22-24-76-79(25-23-70(69)71)116(114-112-76)35-42-134-48-54-138-52-46-132-40-33-103-6/h26,29,60,67,69-73,75,77-78,81-82,84,88-89,103,112-115,120H,10-25,27-28,30-59,61-66H2,1-9H3,(H9-,102,104,105,106,107,108,109,110,111,122,123,124,125,126,127,128,129)/p+1/t69-,70+,71-,72-,73-,75-,77-,78+,81?,82-,84+,88?,89-,96-,97-,98-,99+/m0/s1. The molecule has 17 atom stereocenters. The first-order valence-corrected chi connectivity index (χ1v) is 52.3. The molecule has 0 bridgehead atoms. The number of ether oxygens (including phenoxy) is 15. The largest absolute Gasteiger partial charge is 0.449 e. The third-order valence-corrected chi connectivity index (χ3v) is 28.9. The second kappa shape index (κ2) is 60.6. The maximum atomic E-state index is 18.4. The van der Waals surface area contributed by atoms with Gasteiger partial charge in [-0.05, 0) is 164 Å². The van der Waals surface area contributed by atoms with E-state index in [0.29, 0.717) is 175 Å². The molecule has 9 amide bonds. The average molecular weight is 2050 g/mol. The fourth-order valence-electron chi connectivity index (χ4n) is 21.2. The van der Waals surface area contributed by atoms with E-state index in [4.69, 9.17) is 76.8 Å². The number of aliphatic hydroxyl groups excluding tert-OH is 1. The molecule has 0 spiro atoms. The number of ketones is 2. The average Bonchev–Trinajstić information content (AvgIpc) is 1.46. The first-order valence-electron chi connectivity index (χ1n) is 52.3. The highest BCUT2D eigenvalue weighted by atomic mass is 19.1. The normalized spacial score (nSPS) is 26.3. The zero-order valence-corrected chi connectivity index (χ0v) is 86.3. The second-order valence-electron chi connectivity index (χ2n) is 40.4. The number of aliphatic hydroxyl groups is 1. The number of alkyl carbamates (subject to hydrolysis) is 1. The van der Waals surface area contributed by atoms with Crippen molar-refractivity contribution in [3.63, 3.8) is 0 Å². The molecule has 45 heteroatoms. The van der Waals surface area contributed by atoms with Crippen molar-refractivity contribution in [2.45, 2.75) is 230 Å². The maximum Gasteiger partial charge on any atom is 0.407 e. The van der Waals surface area contributed by atoms with Gasteiger partial charge in [-0.2, -0.15) is 0 Å². The van der Waals surface area contributed by atoms with Crippen molar-refractivity contribution < 1.29 is 137 Å². The van der Waals surface area contributed by atoms with Crippen molar-refractivity contribution in [3.8, 4) is 0 Å². The first-order chi connectivity index (χ1) is 69.4. The first kappa shape index (κ1) is 118. The number of halogens is 2. The second-order valence-corrected chi connectivity index (χ2v) is 40.4. The molecule has 0 aromatic carbocycles. The van der Waals surface area contributed by atoms with Crippen molar-refractivity contribution in [1.82, 2.24) is 79.8 Å². The van der Waals surface area contributed by atoms with Gasteiger partial charge in [0.15, 0.2) is 29.1 Å². The molecule has 0 aromatic heterocycles. The third-order valence-electron chi connectivity index (χ3n) is 28.9. The Morgan fingerprint density at radius 1 is 0.604 bits per heavy atom. The lowest BCUT2D eigenvalue weighted by Gasteiger charge is -2.63. The molecule has 7 aliphatic carbocycles. The number of Topliss-reactive ketones (excluding diaryl/α,β-unsaturated/α-hetero) is 1. The van der Waals surface area contributed by atoms with Gasteiger partial charge in [-0.15, -0.1) is 11.1 Å². The number of nitrogens with one attached hydrogen (secondary N) is 13. The number of urea groups is 1. The van der Waals surface area contributed by atoms with E-state index in [0.717, 1.165) is 86.4 Å². The third kappa shape index (κ3) is 35.0. The number of unbranched alkanes of at least 4 members (excludes halogenated alkanes) is 1. The molecule has 10 rings (SSSR count). The number of carbonyl (C=O) groups excluding carboxylic acids is 10. The zero-order chi connectivity index (χ0) is 104. The van der Waals surface area contributed by atoms with E-state index in [1.165, 1.54) is 30.5 Å². The Balaban J connectivity index is 0.653. The Hall–Kier alpha value is -8.04. The molecule has 818 valence electrons. The van der Waals surface area contributed by atoms with Gasteiger partial charge in [-0.25, -0.2) is 18.4 Å². The number of quaternary nitrogens is 1. The molecular weight excluding hydrogens is 1880 g/mol. The van der Waals surface area contributed by atoms with Gasteiger partial charge in [0.2, 0.25) is 35.4 Å². The van der Waals surface area contributed by atoms with Gasteiger partial charge in [0, 0.05) is 61.5 Å². The lowest BCUT2D eigenvalue weighted by atomic mass is 9.44. The van der Waals surface area contributed by atoms with Crippen LogP contribution in [0.5, 0.6) is 0 Å². The van der Waals surface area contributed by atoms with Gasteiger partial charge in [0.25, 0.3) is 0 Å². The SMILES string of the molecule is CCCC1O[C@@H]2C[C@H]3[C@@H]4C[C@H](F)C5=CC(=O)C=C[C@]5(C)[C@@]4(F)[C@@H](O)C[C@]3(C)[C@]2(C(=O)CNC(=O)[C@H](CCCNC(N)=O)NC(=O)[C@@H](NC(=O)[C@@H](CCCCNC(=O)COC2CCCCCC3=C2NNN3CCOCCOCCOCCOCCC(=O)NCC[N+](C)(C)C)NC(=O)CCOCCOCCOCCOCCNC(=O)OC[C@@H]2[C@@H]3CCC4=C(CC[C@@H]32)NNN4CCOCCOCCOCCNC)C(C)C)O1. The topological polar surface area (TPSA) is 518 Å². The smallest absolute Gasteiger partial charge is 0.407 e. The monoisotopic (exact) mass is 2050 g/mol. The lowest BCUT2D eigenvalue weighted by Crippen LogP contribution is -2.71. The van der Waals surface area contributed by atoms with E-state index >= 15 is 13.6 Å². The predicted octanol–water partition coefficient (Wildman–Crippen LogP) is 2.32. The number of hydrogen-bond donors (Lipinski definition) is 15. The van der Waals surface area contributed by atoms with Crippen molar-refractivity contribution in [2.24, 2.45) is 52.1 Å². The number of nitrogens with two attached hydrogens (primary N) is 1. The molecule has 3 heterocycles. The summed E-state index contributed by atoms with van der Waals surface area (Å²) in [5.41, 5.74) is 15.4. The zero-order valence-electron chi connectivity index (χ0n) is 86.3. The van der Waals surface area contributed by atoms with Gasteiger partial charge in [0.05, 0.1) is 235 Å².